The Labute approximate surface area is 232 Å². The zero-order chi connectivity index (χ0) is 27.3. The summed E-state index contributed by atoms with van der Waals surface area (Å²) in [6.45, 7) is 6.23. The van der Waals surface area contributed by atoms with Gasteiger partial charge in [-0.05, 0) is 80.1 Å². The number of sulfonamides is 1. The van der Waals surface area contributed by atoms with Crippen molar-refractivity contribution in [3.63, 3.8) is 0 Å². The fraction of sp³-hybridized carbons (Fsp3) is 0.429. The number of aryl methyl sites for hydroxylation is 2. The van der Waals surface area contributed by atoms with Gasteiger partial charge < -0.3 is 4.74 Å². The average molecular weight is 570 g/mol. The van der Waals surface area contributed by atoms with E-state index in [1.165, 1.54) is 23.5 Å². The van der Waals surface area contributed by atoms with Gasteiger partial charge in [-0.3, -0.25) is 4.90 Å². The molecule has 1 saturated carbocycles. The summed E-state index contributed by atoms with van der Waals surface area (Å²) in [4.78, 5) is 6.72. The van der Waals surface area contributed by atoms with Gasteiger partial charge in [-0.25, -0.2) is 22.5 Å². The highest BCUT2D eigenvalue weighted by Crippen LogP contribution is 2.37. The molecule has 2 fully saturated rings. The molecule has 2 aromatic heterocycles. The van der Waals surface area contributed by atoms with E-state index in [1.807, 2.05) is 17.8 Å². The molecule has 1 atom stereocenters. The molecule has 1 saturated heterocycles. The van der Waals surface area contributed by atoms with Crippen LogP contribution in [0.2, 0.25) is 0 Å². The summed E-state index contributed by atoms with van der Waals surface area (Å²) in [5.41, 5.74) is 3.87. The molecule has 0 bridgehead atoms. The Kier molecular flexibility index (Phi) is 7.05. The quantitative estimate of drug-likeness (QED) is 0.321. The third-order valence-corrected chi connectivity index (χ3v) is 10.7. The summed E-state index contributed by atoms with van der Waals surface area (Å²) in [6.07, 6.45) is 4.19. The fourth-order valence-electron chi connectivity index (χ4n) is 5.81. The van der Waals surface area contributed by atoms with Crippen molar-refractivity contribution in [1.82, 2.24) is 24.0 Å². The molecule has 2 aromatic carbocycles. The SMILES string of the molecule is COC1CC(CN2CCN(S(=O)(=O)c3csc(C)n3)C[C@H]2c2cc3cnn(-c4ccc(F)cc4)c3cc2C)C1. The summed E-state index contributed by atoms with van der Waals surface area (Å²) in [5, 5.41) is 8.04. The summed E-state index contributed by atoms with van der Waals surface area (Å²) in [7, 11) is -1.93. The third-order valence-electron chi connectivity index (χ3n) is 8.06. The highest BCUT2D eigenvalue weighted by atomic mass is 32.2. The zero-order valence-corrected chi connectivity index (χ0v) is 23.9. The Morgan fingerprint density at radius 1 is 1.13 bits per heavy atom. The molecule has 1 aliphatic heterocycles. The number of halogens is 1. The number of rotatable bonds is 7. The second-order valence-electron chi connectivity index (χ2n) is 10.6. The predicted molar refractivity (Wildman–Crippen MR) is 149 cm³/mol. The molecule has 1 aliphatic carbocycles. The highest BCUT2D eigenvalue weighted by molar-refractivity contribution is 7.89. The average Bonchev–Trinajstić information content (AvgIpc) is 3.52. The lowest BCUT2D eigenvalue weighted by molar-refractivity contribution is -0.0216. The molecule has 3 heterocycles. The Bertz CT molecular complexity index is 1600. The van der Waals surface area contributed by atoms with Gasteiger partial charge in [0.25, 0.3) is 10.0 Å². The Morgan fingerprint density at radius 3 is 2.59 bits per heavy atom. The molecule has 0 unspecified atom stereocenters. The maximum atomic E-state index is 13.5. The number of methoxy groups -OCH3 is 1. The number of thiazole rings is 1. The first-order chi connectivity index (χ1) is 18.7. The first kappa shape index (κ1) is 26.5. The topological polar surface area (TPSA) is 80.6 Å². The second kappa shape index (κ2) is 10.4. The van der Waals surface area contributed by atoms with E-state index < -0.39 is 10.0 Å². The molecule has 39 heavy (non-hydrogen) atoms. The molecular formula is C28H32FN5O3S2. The van der Waals surface area contributed by atoms with Crippen molar-refractivity contribution in [2.24, 2.45) is 5.92 Å². The number of piperazine rings is 1. The maximum absolute atomic E-state index is 13.5. The van der Waals surface area contributed by atoms with Crippen LogP contribution in [0.3, 0.4) is 0 Å². The Morgan fingerprint density at radius 2 is 1.90 bits per heavy atom. The maximum Gasteiger partial charge on any atom is 0.261 e. The van der Waals surface area contributed by atoms with Gasteiger partial charge in [0.05, 0.1) is 28.5 Å². The van der Waals surface area contributed by atoms with Crippen LogP contribution < -0.4 is 0 Å². The third kappa shape index (κ3) is 5.02. The standard InChI is InChI=1S/C28H32FN5O3S2/c1-18-10-26-21(14-30-34(26)23-6-4-22(29)5-7-23)13-25(18)27-16-33(39(35,36)28-17-38-19(2)31-28)9-8-32(27)15-20-11-24(12-20)37-3/h4-7,10,13-14,17,20,24,27H,8-9,11-12,15-16H2,1-3H3/t20?,24?,27-/m0/s1. The lowest BCUT2D eigenvalue weighted by Crippen LogP contribution is -2.52. The van der Waals surface area contributed by atoms with Crippen LogP contribution in [0.5, 0.6) is 0 Å². The molecule has 6 rings (SSSR count). The van der Waals surface area contributed by atoms with Crippen LogP contribution >= 0.6 is 11.3 Å². The number of hydrogen-bond donors (Lipinski definition) is 0. The molecule has 0 N–H and O–H groups in total. The molecule has 0 spiro atoms. The number of hydrogen-bond acceptors (Lipinski definition) is 7. The zero-order valence-electron chi connectivity index (χ0n) is 22.2. The van der Waals surface area contributed by atoms with Gasteiger partial charge in [0.15, 0.2) is 5.03 Å². The lowest BCUT2D eigenvalue weighted by atomic mass is 9.81. The molecule has 11 heteroatoms. The molecule has 0 amide bonds. The van der Waals surface area contributed by atoms with E-state index in [0.717, 1.165) is 52.1 Å². The van der Waals surface area contributed by atoms with Crippen LogP contribution in [-0.2, 0) is 14.8 Å². The minimum absolute atomic E-state index is 0.103. The van der Waals surface area contributed by atoms with Gasteiger partial charge in [0.1, 0.15) is 5.82 Å². The minimum Gasteiger partial charge on any atom is -0.381 e. The van der Waals surface area contributed by atoms with Crippen LogP contribution in [0, 0.1) is 25.6 Å². The summed E-state index contributed by atoms with van der Waals surface area (Å²) < 4.78 is 49.5. The van der Waals surface area contributed by atoms with E-state index in [2.05, 4.69) is 34.0 Å². The van der Waals surface area contributed by atoms with E-state index in [9.17, 15) is 12.8 Å². The van der Waals surface area contributed by atoms with Gasteiger partial charge >= 0.3 is 0 Å². The summed E-state index contributed by atoms with van der Waals surface area (Å²) >= 11 is 1.35. The molecule has 4 aromatic rings. The first-order valence-electron chi connectivity index (χ1n) is 13.2. The van der Waals surface area contributed by atoms with Crippen LogP contribution in [-0.4, -0.2) is 71.8 Å². The van der Waals surface area contributed by atoms with Crippen LogP contribution in [0.25, 0.3) is 16.6 Å². The molecule has 206 valence electrons. The monoisotopic (exact) mass is 569 g/mol. The predicted octanol–water partition coefficient (Wildman–Crippen LogP) is 4.71. The Hall–Kier alpha value is -2.70. The van der Waals surface area contributed by atoms with E-state index in [1.54, 1.807) is 28.9 Å². The van der Waals surface area contributed by atoms with Crippen molar-refractivity contribution in [3.05, 3.63) is 69.9 Å². The van der Waals surface area contributed by atoms with E-state index in [-0.39, 0.29) is 16.9 Å². The molecular weight excluding hydrogens is 537 g/mol. The van der Waals surface area contributed by atoms with Crippen LogP contribution in [0.15, 0.2) is 53.0 Å². The van der Waals surface area contributed by atoms with Crippen molar-refractivity contribution in [3.8, 4) is 5.69 Å². The van der Waals surface area contributed by atoms with Crippen molar-refractivity contribution in [2.75, 3.05) is 33.3 Å². The van der Waals surface area contributed by atoms with Crippen LogP contribution in [0.4, 0.5) is 4.39 Å². The number of ether oxygens (including phenoxy) is 1. The van der Waals surface area contributed by atoms with Gasteiger partial charge in [-0.2, -0.15) is 9.40 Å². The number of fused-ring (bicyclic) bond motifs is 1. The molecule has 8 nitrogen and oxygen atoms in total. The van der Waals surface area contributed by atoms with Crippen molar-refractivity contribution >= 4 is 32.3 Å². The number of nitrogens with zero attached hydrogens (tertiary/aromatic N) is 5. The number of aromatic nitrogens is 3. The minimum atomic E-state index is -3.69. The van der Waals surface area contributed by atoms with Gasteiger partial charge in [0.2, 0.25) is 0 Å². The van der Waals surface area contributed by atoms with Crippen molar-refractivity contribution in [2.45, 2.75) is 43.9 Å². The van der Waals surface area contributed by atoms with Crippen molar-refractivity contribution in [1.29, 1.82) is 0 Å². The van der Waals surface area contributed by atoms with Gasteiger partial charge in [0, 0.05) is 50.1 Å². The molecule has 2 aliphatic rings. The van der Waals surface area contributed by atoms with Gasteiger partial charge in [-0.1, -0.05) is 0 Å². The van der Waals surface area contributed by atoms with E-state index in [0.29, 0.717) is 31.7 Å². The molecule has 0 radical (unpaired) electrons. The smallest absolute Gasteiger partial charge is 0.261 e. The summed E-state index contributed by atoms with van der Waals surface area (Å²) in [6, 6.07) is 10.4. The summed E-state index contributed by atoms with van der Waals surface area (Å²) in [5.74, 6) is 0.244. The van der Waals surface area contributed by atoms with Crippen LogP contribution in [0.1, 0.15) is 35.0 Å². The van der Waals surface area contributed by atoms with E-state index in [4.69, 9.17) is 4.74 Å². The normalized spacial score (nSPS) is 22.8. The largest absolute Gasteiger partial charge is 0.381 e. The second-order valence-corrected chi connectivity index (χ2v) is 13.5. The van der Waals surface area contributed by atoms with Crippen molar-refractivity contribution < 1.29 is 17.5 Å². The van der Waals surface area contributed by atoms with Gasteiger partial charge in [-0.15, -0.1) is 11.3 Å². The Balaban J connectivity index is 1.35. The number of benzene rings is 2. The highest BCUT2D eigenvalue weighted by Gasteiger charge is 2.39. The fourth-order valence-corrected chi connectivity index (χ4v) is 8.15. The van der Waals surface area contributed by atoms with E-state index >= 15 is 0 Å². The lowest BCUT2D eigenvalue weighted by Gasteiger charge is -2.45. The first-order valence-corrected chi connectivity index (χ1v) is 15.5.